The van der Waals surface area contributed by atoms with Crippen molar-refractivity contribution in [2.45, 2.75) is 115 Å². The second kappa shape index (κ2) is 12.9. The van der Waals surface area contributed by atoms with Crippen molar-refractivity contribution < 1.29 is 19.2 Å². The number of carbonyl (C=O) groups is 2. The average Bonchev–Trinajstić information content (AvgIpc) is 2.93. The zero-order valence-corrected chi connectivity index (χ0v) is 21.2. The molecule has 0 bridgehead atoms. The highest BCUT2D eigenvalue weighted by Crippen LogP contribution is 2.50. The minimum absolute atomic E-state index is 0.0606. The van der Waals surface area contributed by atoms with Gasteiger partial charge in [0.05, 0.1) is 50.0 Å². The summed E-state index contributed by atoms with van der Waals surface area (Å²) in [6.07, 6.45) is 11.5. The third-order valence-electron chi connectivity index (χ3n) is 6.49. The van der Waals surface area contributed by atoms with Gasteiger partial charge in [-0.15, -0.1) is 11.8 Å². The summed E-state index contributed by atoms with van der Waals surface area (Å²) in [5.74, 6) is -1.22. The summed E-state index contributed by atoms with van der Waals surface area (Å²) < 4.78 is 0.999. The average molecular weight is 443 g/mol. The molecule has 0 aliphatic carbocycles. The van der Waals surface area contributed by atoms with Crippen LogP contribution in [0.5, 0.6) is 0 Å². The zero-order valence-electron chi connectivity index (χ0n) is 20.4. The van der Waals surface area contributed by atoms with Gasteiger partial charge in [-0.1, -0.05) is 53.4 Å². The van der Waals surface area contributed by atoms with E-state index >= 15 is 0 Å². The van der Waals surface area contributed by atoms with Gasteiger partial charge in [-0.05, 0) is 39.5 Å². The maximum atomic E-state index is 11.1. The lowest BCUT2D eigenvalue weighted by Crippen LogP contribution is -2.60. The first-order valence-electron chi connectivity index (χ1n) is 12.2. The number of nitrogens with zero attached hydrogens (tertiary/aromatic N) is 2. The van der Waals surface area contributed by atoms with Gasteiger partial charge in [0.25, 0.3) is 0 Å². The molecular formula is C24H46N2O3S. The SMILES string of the molecule is CC1(C)S[C@@H]2CC(=O)N2[C@H]1C(=O)[O-].CCCC[N+](CCCC)(CCCC)CCCC. The Balaban J connectivity index is 0.000000308. The lowest BCUT2D eigenvalue weighted by molar-refractivity contribution is -0.929. The quantitative estimate of drug-likeness (QED) is 0.317. The predicted molar refractivity (Wildman–Crippen MR) is 125 cm³/mol. The largest absolute Gasteiger partial charge is 0.548 e. The van der Waals surface area contributed by atoms with Crippen LogP contribution in [0, 0.1) is 0 Å². The minimum Gasteiger partial charge on any atom is -0.548 e. The Kier molecular flexibility index (Phi) is 11.8. The van der Waals surface area contributed by atoms with E-state index in [1.807, 2.05) is 13.8 Å². The summed E-state index contributed by atoms with van der Waals surface area (Å²) in [7, 11) is 0. The van der Waals surface area contributed by atoms with Gasteiger partial charge in [0.1, 0.15) is 0 Å². The molecule has 1 amide bonds. The number of aliphatic carboxylic acids is 1. The Hall–Kier alpha value is -0.750. The van der Waals surface area contributed by atoms with Gasteiger partial charge in [0.2, 0.25) is 5.91 Å². The van der Waals surface area contributed by atoms with E-state index < -0.39 is 16.8 Å². The number of β-lactam (4-membered cyclic amide) rings is 1. The van der Waals surface area contributed by atoms with Gasteiger partial charge < -0.3 is 19.3 Å². The fourth-order valence-corrected chi connectivity index (χ4v) is 6.22. The van der Waals surface area contributed by atoms with Crippen LogP contribution in [0.25, 0.3) is 0 Å². The summed E-state index contributed by atoms with van der Waals surface area (Å²) in [6, 6.07) is -0.760. The zero-order chi connectivity index (χ0) is 22.8. The second-order valence-corrected chi connectivity index (χ2v) is 11.4. The normalized spacial score (nSPS) is 22.2. The summed E-state index contributed by atoms with van der Waals surface area (Å²) in [5, 5.41) is 10.9. The number of hydrogen-bond acceptors (Lipinski definition) is 4. The second-order valence-electron chi connectivity index (χ2n) is 9.55. The number of quaternary nitrogens is 1. The first kappa shape index (κ1) is 27.3. The Morgan fingerprint density at radius 2 is 1.37 bits per heavy atom. The lowest BCUT2D eigenvalue weighted by atomic mass is 9.98. The first-order chi connectivity index (χ1) is 14.2. The molecule has 2 aliphatic heterocycles. The number of amides is 1. The Morgan fingerprint density at radius 3 is 1.63 bits per heavy atom. The maximum absolute atomic E-state index is 11.1. The topological polar surface area (TPSA) is 60.4 Å². The molecule has 6 heteroatoms. The van der Waals surface area contributed by atoms with E-state index in [0.717, 1.165) is 0 Å². The van der Waals surface area contributed by atoms with E-state index in [0.29, 0.717) is 6.42 Å². The van der Waals surface area contributed by atoms with Crippen LogP contribution in [-0.2, 0) is 9.59 Å². The van der Waals surface area contributed by atoms with Gasteiger partial charge in [0.15, 0.2) is 0 Å². The van der Waals surface area contributed by atoms with Crippen molar-refractivity contribution in [1.82, 2.24) is 4.90 Å². The maximum Gasteiger partial charge on any atom is 0.227 e. The van der Waals surface area contributed by atoms with Crippen LogP contribution in [0.4, 0.5) is 0 Å². The highest BCUT2D eigenvalue weighted by atomic mass is 32.2. The van der Waals surface area contributed by atoms with Crippen LogP contribution in [0.15, 0.2) is 0 Å². The van der Waals surface area contributed by atoms with E-state index in [1.165, 1.54) is 86.9 Å². The molecule has 2 rings (SSSR count). The summed E-state index contributed by atoms with van der Waals surface area (Å²) in [5.41, 5.74) is 0. The standard InChI is InChI=1S/C16H36N.C8H11NO3S/c1-5-9-13-17(14-10-6-2,15-11-7-3)16-12-8-4;1-8(2)6(7(11)12)9-4(10)3-5(9)13-8/h5-16H2,1-4H3;5-6H,3H2,1-2H3,(H,11,12)/q+1;/p-1/t;5-,6+/m.1/s1. The number of fused-ring (bicyclic) bond motifs is 1. The summed E-state index contributed by atoms with van der Waals surface area (Å²) in [6.45, 7) is 18.7. The van der Waals surface area contributed by atoms with Gasteiger partial charge >= 0.3 is 0 Å². The third kappa shape index (κ3) is 7.44. The third-order valence-corrected chi connectivity index (χ3v) is 7.99. The number of thioether (sulfide) groups is 1. The fraction of sp³-hybridized carbons (Fsp3) is 0.917. The summed E-state index contributed by atoms with van der Waals surface area (Å²) >= 11 is 1.54. The van der Waals surface area contributed by atoms with Crippen LogP contribution in [0.2, 0.25) is 0 Å². The van der Waals surface area contributed by atoms with Crippen molar-refractivity contribution in [3.05, 3.63) is 0 Å². The number of carboxylic acid groups (broad SMARTS) is 1. The predicted octanol–water partition coefficient (Wildman–Crippen LogP) is 4.19. The van der Waals surface area contributed by atoms with E-state index in [9.17, 15) is 14.7 Å². The van der Waals surface area contributed by atoms with Crippen molar-refractivity contribution in [1.29, 1.82) is 0 Å². The molecule has 0 radical (unpaired) electrons. The Morgan fingerprint density at radius 1 is 0.967 bits per heavy atom. The Bertz CT molecular complexity index is 501. The van der Waals surface area contributed by atoms with E-state index in [2.05, 4.69) is 27.7 Å². The molecule has 2 heterocycles. The summed E-state index contributed by atoms with van der Waals surface area (Å²) in [4.78, 5) is 23.4. The van der Waals surface area contributed by atoms with Crippen LogP contribution >= 0.6 is 11.8 Å². The van der Waals surface area contributed by atoms with Crippen LogP contribution in [0.3, 0.4) is 0 Å². The molecule has 30 heavy (non-hydrogen) atoms. The van der Waals surface area contributed by atoms with Crippen molar-refractivity contribution in [3.8, 4) is 0 Å². The molecule has 0 aromatic heterocycles. The van der Waals surface area contributed by atoms with Crippen molar-refractivity contribution >= 4 is 23.6 Å². The molecule has 0 N–H and O–H groups in total. The first-order valence-corrected chi connectivity index (χ1v) is 13.1. The monoisotopic (exact) mass is 442 g/mol. The lowest BCUT2D eigenvalue weighted by Gasteiger charge is -2.39. The molecular weight excluding hydrogens is 396 g/mol. The number of carbonyl (C=O) groups excluding carboxylic acids is 2. The van der Waals surface area contributed by atoms with Gasteiger partial charge in [0, 0.05) is 4.75 Å². The van der Waals surface area contributed by atoms with Crippen molar-refractivity contribution in [2.24, 2.45) is 0 Å². The fourth-order valence-electron chi connectivity index (χ4n) is 4.60. The molecule has 0 aromatic rings. The molecule has 176 valence electrons. The highest BCUT2D eigenvalue weighted by Gasteiger charge is 2.55. The molecule has 2 fully saturated rings. The molecule has 5 nitrogen and oxygen atoms in total. The number of carboxylic acids is 1. The van der Waals surface area contributed by atoms with Crippen LogP contribution in [-0.4, -0.2) is 63.6 Å². The van der Waals surface area contributed by atoms with E-state index in [1.54, 1.807) is 11.8 Å². The molecule has 0 spiro atoms. The molecule has 0 unspecified atom stereocenters. The Labute approximate surface area is 189 Å². The van der Waals surface area contributed by atoms with Crippen molar-refractivity contribution in [2.75, 3.05) is 26.2 Å². The van der Waals surface area contributed by atoms with Gasteiger partial charge in [-0.3, -0.25) is 4.79 Å². The number of unbranched alkanes of at least 4 members (excludes halogenated alkanes) is 4. The van der Waals surface area contributed by atoms with Crippen LogP contribution < -0.4 is 5.11 Å². The number of hydrogen-bond donors (Lipinski definition) is 0. The van der Waals surface area contributed by atoms with Gasteiger partial charge in [-0.2, -0.15) is 0 Å². The molecule has 0 saturated carbocycles. The molecule has 2 atom stereocenters. The van der Waals surface area contributed by atoms with E-state index in [4.69, 9.17) is 0 Å². The minimum atomic E-state index is -1.15. The van der Waals surface area contributed by atoms with Crippen LogP contribution in [0.1, 0.15) is 99.3 Å². The highest BCUT2D eigenvalue weighted by molar-refractivity contribution is 8.01. The van der Waals surface area contributed by atoms with Crippen molar-refractivity contribution in [3.63, 3.8) is 0 Å². The van der Waals surface area contributed by atoms with E-state index in [-0.39, 0.29) is 11.3 Å². The number of rotatable bonds is 13. The molecule has 2 aliphatic rings. The van der Waals surface area contributed by atoms with Gasteiger partial charge in [-0.25, -0.2) is 0 Å². The smallest absolute Gasteiger partial charge is 0.227 e. The molecule has 2 saturated heterocycles. The molecule has 0 aromatic carbocycles.